The van der Waals surface area contributed by atoms with E-state index in [1.165, 1.54) is 0 Å². The van der Waals surface area contributed by atoms with Crippen molar-refractivity contribution in [1.82, 2.24) is 0 Å². The van der Waals surface area contributed by atoms with Crippen LogP contribution in [0.15, 0.2) is 30.3 Å². The van der Waals surface area contributed by atoms with Crippen LogP contribution in [0.2, 0.25) is 0 Å². The van der Waals surface area contributed by atoms with E-state index in [1.807, 2.05) is 30.3 Å². The third-order valence-corrected chi connectivity index (χ3v) is 2.53. The van der Waals surface area contributed by atoms with E-state index in [0.29, 0.717) is 13.2 Å². The summed E-state index contributed by atoms with van der Waals surface area (Å²) in [4.78, 5) is 32.2. The summed E-state index contributed by atoms with van der Waals surface area (Å²) in [5, 5.41) is 8.34. The van der Waals surface area contributed by atoms with Crippen molar-refractivity contribution in [1.29, 1.82) is 0 Å². The number of esters is 1. The first-order valence-corrected chi connectivity index (χ1v) is 6.77. The van der Waals surface area contributed by atoms with Gasteiger partial charge in [0, 0.05) is 6.42 Å². The molecule has 1 aromatic carbocycles. The summed E-state index contributed by atoms with van der Waals surface area (Å²) in [6.07, 6.45) is -0.609. The van der Waals surface area contributed by atoms with Gasteiger partial charge in [0.2, 0.25) is 5.78 Å². The summed E-state index contributed by atoms with van der Waals surface area (Å²) in [6.45, 7) is 0.983. The maximum Gasteiger partial charge on any atom is 0.372 e. The van der Waals surface area contributed by atoms with Crippen LogP contribution in [-0.4, -0.2) is 49.3 Å². The van der Waals surface area contributed by atoms with Crippen LogP contribution in [0, 0.1) is 0 Å². The molecule has 0 fully saturated rings. The highest BCUT2D eigenvalue weighted by Crippen LogP contribution is 2.07. The normalized spacial score (nSPS) is 10.0. The van der Waals surface area contributed by atoms with E-state index < -0.39 is 17.7 Å². The zero-order valence-electron chi connectivity index (χ0n) is 12.0. The molecule has 0 aromatic heterocycles. The number of ether oxygens (including phenoxy) is 3. The van der Waals surface area contributed by atoms with E-state index in [2.05, 4.69) is 0 Å². The molecule has 0 bridgehead atoms. The van der Waals surface area contributed by atoms with Crippen LogP contribution in [0.4, 0.5) is 0 Å². The fourth-order valence-corrected chi connectivity index (χ4v) is 1.45. The van der Waals surface area contributed by atoms with Gasteiger partial charge in [-0.15, -0.1) is 0 Å². The number of carboxylic acids is 1. The third-order valence-electron chi connectivity index (χ3n) is 2.53. The number of benzene rings is 1. The number of carboxylic acid groups (broad SMARTS) is 1. The molecule has 7 heteroatoms. The molecule has 0 saturated carbocycles. The first-order chi connectivity index (χ1) is 10.6. The zero-order valence-corrected chi connectivity index (χ0v) is 12.0. The Bertz CT molecular complexity index is 484. The minimum absolute atomic E-state index is 0.0471. The summed E-state index contributed by atoms with van der Waals surface area (Å²) in [7, 11) is 0. The molecule has 1 rings (SSSR count). The van der Waals surface area contributed by atoms with Gasteiger partial charge in [0.05, 0.1) is 19.6 Å². The first kappa shape index (κ1) is 17.6. The van der Waals surface area contributed by atoms with E-state index >= 15 is 0 Å². The van der Waals surface area contributed by atoms with Gasteiger partial charge >= 0.3 is 11.9 Å². The molecule has 22 heavy (non-hydrogen) atoms. The highest BCUT2D eigenvalue weighted by atomic mass is 16.6. The van der Waals surface area contributed by atoms with E-state index in [0.717, 1.165) is 5.75 Å². The highest BCUT2D eigenvalue weighted by molar-refractivity contribution is 6.32. The van der Waals surface area contributed by atoms with Crippen molar-refractivity contribution in [3.8, 4) is 5.75 Å². The van der Waals surface area contributed by atoms with Gasteiger partial charge in [0.25, 0.3) is 0 Å². The molecule has 0 atom stereocenters. The monoisotopic (exact) mass is 310 g/mol. The quantitative estimate of drug-likeness (QED) is 0.370. The van der Waals surface area contributed by atoms with Crippen LogP contribution in [0.25, 0.3) is 0 Å². The lowest BCUT2D eigenvalue weighted by molar-refractivity contribution is -0.151. The SMILES string of the molecule is O=C(CCC(=O)C(=O)O)OCCOCCOc1ccccc1. The highest BCUT2D eigenvalue weighted by Gasteiger charge is 2.13. The molecule has 0 saturated heterocycles. The van der Waals surface area contributed by atoms with Gasteiger partial charge in [-0.1, -0.05) is 18.2 Å². The molecule has 0 aliphatic rings. The fraction of sp³-hybridized carbons (Fsp3) is 0.400. The van der Waals surface area contributed by atoms with Gasteiger partial charge in [0.1, 0.15) is 19.0 Å². The average molecular weight is 310 g/mol. The summed E-state index contributed by atoms with van der Waals surface area (Å²) in [5.74, 6) is -2.43. The number of aliphatic carboxylic acids is 1. The Hall–Kier alpha value is -2.41. The number of hydrogen-bond acceptors (Lipinski definition) is 6. The van der Waals surface area contributed by atoms with Crippen LogP contribution < -0.4 is 4.74 Å². The Kier molecular flexibility index (Phi) is 8.29. The summed E-state index contributed by atoms with van der Waals surface area (Å²) < 4.78 is 15.4. The van der Waals surface area contributed by atoms with Gasteiger partial charge in [-0.05, 0) is 12.1 Å². The second kappa shape index (κ2) is 10.3. The van der Waals surface area contributed by atoms with Gasteiger partial charge < -0.3 is 19.3 Å². The largest absolute Gasteiger partial charge is 0.491 e. The molecule has 1 N–H and O–H groups in total. The molecule has 0 aliphatic heterocycles. The lowest BCUT2D eigenvalue weighted by Crippen LogP contribution is -2.17. The fourth-order valence-electron chi connectivity index (χ4n) is 1.45. The predicted molar refractivity (Wildman–Crippen MR) is 75.6 cm³/mol. The van der Waals surface area contributed by atoms with Crippen LogP contribution in [-0.2, 0) is 23.9 Å². The van der Waals surface area contributed by atoms with E-state index in [9.17, 15) is 14.4 Å². The second-order valence-electron chi connectivity index (χ2n) is 4.22. The van der Waals surface area contributed by atoms with E-state index in [4.69, 9.17) is 19.3 Å². The standard InChI is InChI=1S/C15H18O7/c16-13(15(18)19)6-7-14(17)22-11-9-20-8-10-21-12-4-2-1-3-5-12/h1-5H,6-11H2,(H,18,19). The Labute approximate surface area is 127 Å². The van der Waals surface area contributed by atoms with Gasteiger partial charge in [-0.3, -0.25) is 9.59 Å². The van der Waals surface area contributed by atoms with Gasteiger partial charge in [-0.25, -0.2) is 4.79 Å². The summed E-state index contributed by atoms with van der Waals surface area (Å²) in [5.41, 5.74) is 0. The predicted octanol–water partition coefficient (Wildman–Crippen LogP) is 1.06. The van der Waals surface area contributed by atoms with Gasteiger partial charge in [0.15, 0.2) is 0 Å². The number of para-hydroxylation sites is 1. The van der Waals surface area contributed by atoms with Crippen molar-refractivity contribution in [2.45, 2.75) is 12.8 Å². The molecule has 0 amide bonds. The van der Waals surface area contributed by atoms with E-state index in [-0.39, 0.29) is 26.1 Å². The number of carbonyl (C=O) groups is 3. The molecule has 7 nitrogen and oxygen atoms in total. The number of ketones is 1. The Balaban J connectivity index is 1.95. The summed E-state index contributed by atoms with van der Waals surface area (Å²) >= 11 is 0. The van der Waals surface area contributed by atoms with Crippen molar-refractivity contribution in [3.63, 3.8) is 0 Å². The van der Waals surface area contributed by atoms with Crippen LogP contribution in [0.5, 0.6) is 5.75 Å². The van der Waals surface area contributed by atoms with Crippen LogP contribution >= 0.6 is 0 Å². The average Bonchev–Trinajstić information content (AvgIpc) is 2.52. The third kappa shape index (κ3) is 8.01. The molecule has 0 unspecified atom stereocenters. The lowest BCUT2D eigenvalue weighted by Gasteiger charge is -2.07. The Morgan fingerprint density at radius 1 is 0.909 bits per heavy atom. The van der Waals surface area contributed by atoms with Crippen LogP contribution in [0.3, 0.4) is 0 Å². The van der Waals surface area contributed by atoms with Crippen LogP contribution in [0.1, 0.15) is 12.8 Å². The minimum Gasteiger partial charge on any atom is -0.491 e. The van der Waals surface area contributed by atoms with Crippen molar-refractivity contribution in [2.75, 3.05) is 26.4 Å². The molecule has 0 aliphatic carbocycles. The Morgan fingerprint density at radius 3 is 2.27 bits per heavy atom. The molecular weight excluding hydrogens is 292 g/mol. The number of hydrogen-bond donors (Lipinski definition) is 1. The van der Waals surface area contributed by atoms with Crippen molar-refractivity contribution >= 4 is 17.7 Å². The van der Waals surface area contributed by atoms with Crippen molar-refractivity contribution in [2.24, 2.45) is 0 Å². The topological polar surface area (TPSA) is 99.1 Å². The Morgan fingerprint density at radius 2 is 1.59 bits per heavy atom. The maximum atomic E-state index is 11.2. The van der Waals surface area contributed by atoms with Crippen molar-refractivity contribution in [3.05, 3.63) is 30.3 Å². The lowest BCUT2D eigenvalue weighted by atomic mass is 10.2. The summed E-state index contributed by atoms with van der Waals surface area (Å²) in [6, 6.07) is 9.29. The molecule has 0 spiro atoms. The maximum absolute atomic E-state index is 11.2. The zero-order chi connectivity index (χ0) is 16.2. The van der Waals surface area contributed by atoms with Gasteiger partial charge in [-0.2, -0.15) is 0 Å². The second-order valence-corrected chi connectivity index (χ2v) is 4.22. The number of carbonyl (C=O) groups excluding carboxylic acids is 2. The first-order valence-electron chi connectivity index (χ1n) is 6.77. The number of Topliss-reactive ketones (excluding diaryl/α,β-unsaturated/α-hetero) is 1. The molecule has 1 aromatic rings. The van der Waals surface area contributed by atoms with E-state index in [1.54, 1.807) is 0 Å². The smallest absolute Gasteiger partial charge is 0.372 e. The molecule has 0 radical (unpaired) electrons. The molecule has 0 heterocycles. The van der Waals surface area contributed by atoms with Crippen molar-refractivity contribution < 1.29 is 33.7 Å². The number of rotatable bonds is 11. The molecular formula is C15H18O7. The molecule has 120 valence electrons. The minimum atomic E-state index is -1.55.